The minimum Gasteiger partial charge on any atom is -0.383 e. The summed E-state index contributed by atoms with van der Waals surface area (Å²) >= 11 is 0. The summed E-state index contributed by atoms with van der Waals surface area (Å²) < 4.78 is 10.7. The lowest BCUT2D eigenvalue weighted by atomic mass is 10.0. The summed E-state index contributed by atoms with van der Waals surface area (Å²) in [4.78, 5) is 14.4. The number of nitrogens with one attached hydrogen (secondary N) is 1. The zero-order valence-electron chi connectivity index (χ0n) is 13.2. The highest BCUT2D eigenvalue weighted by Crippen LogP contribution is 2.26. The molecule has 1 saturated heterocycles. The van der Waals surface area contributed by atoms with Gasteiger partial charge in [0.1, 0.15) is 0 Å². The summed E-state index contributed by atoms with van der Waals surface area (Å²) in [5.74, 6) is 0.107. The molecular formula is C16H25ClN2O3. The van der Waals surface area contributed by atoms with Crippen molar-refractivity contribution in [3.8, 4) is 0 Å². The largest absolute Gasteiger partial charge is 0.383 e. The first kappa shape index (κ1) is 18.9. The summed E-state index contributed by atoms with van der Waals surface area (Å²) in [6, 6.07) is 10.1. The van der Waals surface area contributed by atoms with E-state index in [1.165, 1.54) is 0 Å². The first-order chi connectivity index (χ1) is 10.2. The second-order valence-corrected chi connectivity index (χ2v) is 5.29. The van der Waals surface area contributed by atoms with Crippen molar-refractivity contribution in [3.63, 3.8) is 0 Å². The van der Waals surface area contributed by atoms with E-state index in [0.717, 1.165) is 5.56 Å². The molecule has 6 heteroatoms. The van der Waals surface area contributed by atoms with E-state index in [2.05, 4.69) is 5.32 Å². The van der Waals surface area contributed by atoms with E-state index in [0.29, 0.717) is 32.8 Å². The number of rotatable bonds is 6. The summed E-state index contributed by atoms with van der Waals surface area (Å²) in [7, 11) is 1.65. The standard InChI is InChI=1S/C16H24N2O3.ClH/c1-13-11-18(16(19)10-17-8-9-20-2)15(12-21-13)14-6-4-3-5-7-14;/h3-7,13,15,17H,8-12H2,1-2H3;1H. The lowest BCUT2D eigenvalue weighted by molar-refractivity contribution is -0.143. The number of carbonyl (C=O) groups excluding carboxylic acids is 1. The van der Waals surface area contributed by atoms with Gasteiger partial charge in [-0.2, -0.15) is 0 Å². The highest BCUT2D eigenvalue weighted by Gasteiger charge is 2.31. The Morgan fingerprint density at radius 3 is 2.82 bits per heavy atom. The summed E-state index contributed by atoms with van der Waals surface area (Å²) in [6.45, 7) is 4.80. The van der Waals surface area contributed by atoms with Crippen LogP contribution in [0.25, 0.3) is 0 Å². The first-order valence-electron chi connectivity index (χ1n) is 7.38. The Bertz CT molecular complexity index is 444. The van der Waals surface area contributed by atoms with Gasteiger partial charge in [-0.05, 0) is 12.5 Å². The average Bonchev–Trinajstić information content (AvgIpc) is 2.52. The van der Waals surface area contributed by atoms with E-state index in [4.69, 9.17) is 9.47 Å². The van der Waals surface area contributed by atoms with Gasteiger partial charge in [0, 0.05) is 20.2 Å². The molecule has 2 rings (SSSR count). The van der Waals surface area contributed by atoms with Gasteiger partial charge < -0.3 is 19.7 Å². The second-order valence-electron chi connectivity index (χ2n) is 5.29. The molecule has 1 fully saturated rings. The van der Waals surface area contributed by atoms with E-state index < -0.39 is 0 Å². The molecule has 1 aromatic rings. The molecular weight excluding hydrogens is 304 g/mol. The van der Waals surface area contributed by atoms with Crippen LogP contribution in [-0.2, 0) is 14.3 Å². The van der Waals surface area contributed by atoms with E-state index >= 15 is 0 Å². The average molecular weight is 329 g/mol. The molecule has 2 unspecified atom stereocenters. The van der Waals surface area contributed by atoms with Crippen molar-refractivity contribution >= 4 is 18.3 Å². The maximum atomic E-state index is 12.5. The van der Waals surface area contributed by atoms with Crippen LogP contribution in [0.15, 0.2) is 30.3 Å². The Balaban J connectivity index is 0.00000242. The third-order valence-electron chi connectivity index (χ3n) is 3.63. The quantitative estimate of drug-likeness (QED) is 0.807. The van der Waals surface area contributed by atoms with Gasteiger partial charge in [0.05, 0.1) is 31.9 Å². The number of halogens is 1. The highest BCUT2D eigenvalue weighted by molar-refractivity contribution is 5.85. The SMILES string of the molecule is COCCNCC(=O)N1CC(C)OCC1c1ccccc1.Cl. The Hall–Kier alpha value is -1.14. The lowest BCUT2D eigenvalue weighted by Crippen LogP contribution is -2.49. The molecule has 124 valence electrons. The van der Waals surface area contributed by atoms with E-state index in [9.17, 15) is 4.79 Å². The molecule has 0 saturated carbocycles. The van der Waals surface area contributed by atoms with Crippen LogP contribution in [0.2, 0.25) is 0 Å². The van der Waals surface area contributed by atoms with E-state index in [1.54, 1.807) is 7.11 Å². The Labute approximate surface area is 138 Å². The lowest BCUT2D eigenvalue weighted by Gasteiger charge is -2.39. The van der Waals surface area contributed by atoms with Gasteiger partial charge in [-0.25, -0.2) is 0 Å². The van der Waals surface area contributed by atoms with Crippen molar-refractivity contribution in [1.82, 2.24) is 10.2 Å². The Morgan fingerprint density at radius 2 is 2.14 bits per heavy atom. The minimum absolute atomic E-state index is 0. The third kappa shape index (κ3) is 5.25. The number of ether oxygens (including phenoxy) is 2. The fourth-order valence-corrected chi connectivity index (χ4v) is 2.50. The summed E-state index contributed by atoms with van der Waals surface area (Å²) in [5.41, 5.74) is 1.12. The van der Waals surface area contributed by atoms with E-state index in [-0.39, 0.29) is 30.5 Å². The number of amides is 1. The predicted molar refractivity (Wildman–Crippen MR) is 88.3 cm³/mol. The van der Waals surface area contributed by atoms with Crippen LogP contribution in [0, 0.1) is 0 Å². The van der Waals surface area contributed by atoms with Crippen LogP contribution in [0.5, 0.6) is 0 Å². The number of nitrogens with zero attached hydrogens (tertiary/aromatic N) is 1. The van der Waals surface area contributed by atoms with Crippen LogP contribution in [0.1, 0.15) is 18.5 Å². The highest BCUT2D eigenvalue weighted by atomic mass is 35.5. The number of hydrogen-bond donors (Lipinski definition) is 1. The molecule has 0 radical (unpaired) electrons. The number of carbonyl (C=O) groups is 1. The Morgan fingerprint density at radius 1 is 1.41 bits per heavy atom. The van der Waals surface area contributed by atoms with Crippen LogP contribution in [0.3, 0.4) is 0 Å². The molecule has 22 heavy (non-hydrogen) atoms. The maximum Gasteiger partial charge on any atom is 0.237 e. The van der Waals surface area contributed by atoms with Gasteiger partial charge in [0.2, 0.25) is 5.91 Å². The van der Waals surface area contributed by atoms with Gasteiger partial charge in [0.15, 0.2) is 0 Å². The molecule has 1 N–H and O–H groups in total. The predicted octanol–water partition coefficient (Wildman–Crippen LogP) is 1.63. The van der Waals surface area contributed by atoms with Crippen molar-refractivity contribution in [2.24, 2.45) is 0 Å². The molecule has 1 heterocycles. The van der Waals surface area contributed by atoms with Crippen molar-refractivity contribution < 1.29 is 14.3 Å². The molecule has 5 nitrogen and oxygen atoms in total. The monoisotopic (exact) mass is 328 g/mol. The molecule has 0 bridgehead atoms. The fourth-order valence-electron chi connectivity index (χ4n) is 2.50. The van der Waals surface area contributed by atoms with Gasteiger partial charge in [0.25, 0.3) is 0 Å². The molecule has 0 spiro atoms. The zero-order valence-corrected chi connectivity index (χ0v) is 14.0. The van der Waals surface area contributed by atoms with Crippen LogP contribution < -0.4 is 5.32 Å². The van der Waals surface area contributed by atoms with Crippen molar-refractivity contribution in [2.45, 2.75) is 19.1 Å². The van der Waals surface area contributed by atoms with Gasteiger partial charge in [-0.15, -0.1) is 12.4 Å². The molecule has 1 aliphatic heterocycles. The van der Waals surface area contributed by atoms with Crippen LogP contribution >= 0.6 is 12.4 Å². The van der Waals surface area contributed by atoms with Crippen molar-refractivity contribution in [3.05, 3.63) is 35.9 Å². The molecule has 1 aliphatic rings. The van der Waals surface area contributed by atoms with Gasteiger partial charge in [-0.1, -0.05) is 30.3 Å². The third-order valence-corrected chi connectivity index (χ3v) is 3.63. The van der Waals surface area contributed by atoms with Gasteiger partial charge >= 0.3 is 0 Å². The Kier molecular flexibility index (Phi) is 8.42. The normalized spacial score (nSPS) is 21.3. The van der Waals surface area contributed by atoms with Gasteiger partial charge in [-0.3, -0.25) is 4.79 Å². The molecule has 2 atom stereocenters. The number of hydrogen-bond acceptors (Lipinski definition) is 4. The number of methoxy groups -OCH3 is 1. The van der Waals surface area contributed by atoms with E-state index in [1.807, 2.05) is 42.2 Å². The zero-order chi connectivity index (χ0) is 15.1. The van der Waals surface area contributed by atoms with Crippen LogP contribution in [0.4, 0.5) is 0 Å². The fraction of sp³-hybridized carbons (Fsp3) is 0.562. The first-order valence-corrected chi connectivity index (χ1v) is 7.38. The summed E-state index contributed by atoms with van der Waals surface area (Å²) in [5, 5.41) is 3.11. The molecule has 1 amide bonds. The second kappa shape index (κ2) is 9.79. The van der Waals surface area contributed by atoms with Crippen LogP contribution in [-0.4, -0.2) is 56.9 Å². The molecule has 0 aromatic heterocycles. The van der Waals surface area contributed by atoms with Crippen molar-refractivity contribution in [2.75, 3.05) is 40.0 Å². The molecule has 1 aromatic carbocycles. The minimum atomic E-state index is -0.000810. The summed E-state index contributed by atoms with van der Waals surface area (Å²) in [6.07, 6.45) is 0.0767. The number of benzene rings is 1. The maximum absolute atomic E-state index is 12.5. The molecule has 0 aliphatic carbocycles. The smallest absolute Gasteiger partial charge is 0.237 e. The number of morpholine rings is 1. The topological polar surface area (TPSA) is 50.8 Å². The van der Waals surface area contributed by atoms with Crippen molar-refractivity contribution in [1.29, 1.82) is 0 Å².